The molecular weight excluding hydrogens is 306 g/mol. The summed E-state index contributed by atoms with van der Waals surface area (Å²) in [5.41, 5.74) is 3.60. The molecule has 3 rings (SSSR count). The molecule has 24 heavy (non-hydrogen) atoms. The van der Waals surface area contributed by atoms with Crippen LogP contribution in [0, 0.1) is 0 Å². The van der Waals surface area contributed by atoms with Crippen molar-refractivity contribution in [2.75, 3.05) is 7.05 Å². The van der Waals surface area contributed by atoms with Crippen molar-refractivity contribution in [2.24, 2.45) is 0 Å². The Bertz CT molecular complexity index is 760. The molecule has 0 spiro atoms. The molecule has 1 N–H and O–H groups in total. The third kappa shape index (κ3) is 2.81. The van der Waals surface area contributed by atoms with Crippen LogP contribution in [-0.2, 0) is 24.4 Å². The molecule has 7 heteroatoms. The van der Waals surface area contributed by atoms with Crippen LogP contribution in [0.4, 0.5) is 0 Å². The van der Waals surface area contributed by atoms with Crippen LogP contribution in [0.2, 0.25) is 0 Å². The van der Waals surface area contributed by atoms with Crippen molar-refractivity contribution < 1.29 is 9.59 Å². The van der Waals surface area contributed by atoms with Gasteiger partial charge in [-0.2, -0.15) is 5.10 Å². The lowest BCUT2D eigenvalue weighted by Crippen LogP contribution is -2.28. The summed E-state index contributed by atoms with van der Waals surface area (Å²) in [6, 6.07) is 3.81. The Morgan fingerprint density at radius 3 is 2.71 bits per heavy atom. The summed E-state index contributed by atoms with van der Waals surface area (Å²) in [6.45, 7) is 7.22. The maximum absolute atomic E-state index is 12.6. The molecule has 1 aliphatic rings. The van der Waals surface area contributed by atoms with Gasteiger partial charge in [-0.1, -0.05) is 0 Å². The van der Waals surface area contributed by atoms with Crippen LogP contribution in [-0.4, -0.2) is 43.4 Å². The van der Waals surface area contributed by atoms with Crippen LogP contribution >= 0.6 is 0 Å². The molecule has 0 radical (unpaired) electrons. The van der Waals surface area contributed by atoms with Gasteiger partial charge in [0.1, 0.15) is 5.69 Å². The van der Waals surface area contributed by atoms with Gasteiger partial charge in [0.25, 0.3) is 5.91 Å². The maximum Gasteiger partial charge on any atom is 0.270 e. The quantitative estimate of drug-likeness (QED) is 0.931. The Labute approximate surface area is 141 Å². The molecule has 0 atom stereocenters. The lowest BCUT2D eigenvalue weighted by molar-refractivity contribution is -0.128. The van der Waals surface area contributed by atoms with Gasteiger partial charge in [-0.3, -0.25) is 14.3 Å². The first kappa shape index (κ1) is 16.3. The fourth-order valence-corrected chi connectivity index (χ4v) is 3.00. The predicted octanol–water partition coefficient (Wildman–Crippen LogP) is 1.93. The summed E-state index contributed by atoms with van der Waals surface area (Å²) < 4.78 is 1.97. The number of fused-ring (bicyclic) bond motifs is 1. The first-order valence-electron chi connectivity index (χ1n) is 8.12. The minimum Gasteiger partial charge on any atom is -0.357 e. The highest BCUT2D eigenvalue weighted by molar-refractivity contribution is 5.92. The third-order valence-electron chi connectivity index (χ3n) is 4.42. The van der Waals surface area contributed by atoms with E-state index in [1.165, 1.54) is 0 Å². The van der Waals surface area contributed by atoms with E-state index in [-0.39, 0.29) is 17.9 Å². The van der Waals surface area contributed by atoms with Crippen molar-refractivity contribution in [1.82, 2.24) is 24.6 Å². The van der Waals surface area contributed by atoms with Gasteiger partial charge >= 0.3 is 0 Å². The van der Waals surface area contributed by atoms with E-state index in [4.69, 9.17) is 0 Å². The van der Waals surface area contributed by atoms with E-state index in [2.05, 4.69) is 23.9 Å². The zero-order valence-electron chi connectivity index (χ0n) is 14.5. The first-order chi connectivity index (χ1) is 11.4. The average molecular weight is 329 g/mol. The minimum absolute atomic E-state index is 0.000150. The van der Waals surface area contributed by atoms with Gasteiger partial charge in [0.05, 0.1) is 31.0 Å². The van der Waals surface area contributed by atoms with Crippen molar-refractivity contribution in [2.45, 2.75) is 46.4 Å². The summed E-state index contributed by atoms with van der Waals surface area (Å²) in [6.07, 6.45) is 1.75. The van der Waals surface area contributed by atoms with Crippen LogP contribution in [0.1, 0.15) is 54.3 Å². The highest BCUT2D eigenvalue weighted by Gasteiger charge is 2.32. The van der Waals surface area contributed by atoms with Gasteiger partial charge in [-0.05, 0) is 26.0 Å². The molecule has 0 saturated heterocycles. The van der Waals surface area contributed by atoms with Crippen LogP contribution in [0.25, 0.3) is 0 Å². The fourth-order valence-electron chi connectivity index (χ4n) is 3.00. The molecule has 0 fully saturated rings. The monoisotopic (exact) mass is 329 g/mol. The van der Waals surface area contributed by atoms with E-state index < -0.39 is 0 Å². The van der Waals surface area contributed by atoms with Gasteiger partial charge in [-0.25, -0.2) is 0 Å². The molecular formula is C17H23N5O2. The van der Waals surface area contributed by atoms with E-state index in [9.17, 15) is 9.59 Å². The Morgan fingerprint density at radius 1 is 1.38 bits per heavy atom. The number of amides is 2. The summed E-state index contributed by atoms with van der Waals surface area (Å²) in [7, 11) is 1.76. The van der Waals surface area contributed by atoms with Crippen LogP contribution in [0.15, 0.2) is 18.3 Å². The number of rotatable bonds is 4. The maximum atomic E-state index is 12.6. The molecule has 3 heterocycles. The summed E-state index contributed by atoms with van der Waals surface area (Å²) in [4.78, 5) is 30.6. The number of aromatic nitrogens is 3. The van der Waals surface area contributed by atoms with Gasteiger partial charge in [0, 0.05) is 31.8 Å². The molecule has 0 aliphatic carbocycles. The van der Waals surface area contributed by atoms with Crippen LogP contribution < -0.4 is 0 Å². The molecule has 2 amide bonds. The van der Waals surface area contributed by atoms with Gasteiger partial charge in [0.15, 0.2) is 0 Å². The first-order valence-corrected chi connectivity index (χ1v) is 8.12. The number of nitrogens with one attached hydrogen (secondary N) is 1. The molecule has 128 valence electrons. The normalized spacial score (nSPS) is 13.5. The summed E-state index contributed by atoms with van der Waals surface area (Å²) in [5.74, 6) is -0.0162. The van der Waals surface area contributed by atoms with E-state index in [1.54, 1.807) is 31.1 Å². The number of carbonyl (C=O) groups excluding carboxylic acids is 2. The Kier molecular flexibility index (Phi) is 4.17. The van der Waals surface area contributed by atoms with E-state index in [0.29, 0.717) is 25.3 Å². The number of H-pyrrole nitrogens is 1. The van der Waals surface area contributed by atoms with E-state index >= 15 is 0 Å². The average Bonchev–Trinajstić information content (AvgIpc) is 3.23. The summed E-state index contributed by atoms with van der Waals surface area (Å²) in [5, 5.41) is 4.69. The predicted molar refractivity (Wildman–Crippen MR) is 89.1 cm³/mol. The molecule has 2 aromatic rings. The fraction of sp³-hybridized carbons (Fsp3) is 0.471. The highest BCUT2D eigenvalue weighted by Crippen LogP contribution is 2.29. The third-order valence-corrected chi connectivity index (χ3v) is 4.42. The van der Waals surface area contributed by atoms with Crippen molar-refractivity contribution in [3.8, 4) is 0 Å². The molecule has 0 bridgehead atoms. The van der Waals surface area contributed by atoms with Crippen molar-refractivity contribution in [3.63, 3.8) is 0 Å². The van der Waals surface area contributed by atoms with Gasteiger partial charge in [-0.15, -0.1) is 0 Å². The smallest absolute Gasteiger partial charge is 0.270 e. The second kappa shape index (κ2) is 6.14. The molecule has 1 aliphatic heterocycles. The number of hydrogen-bond acceptors (Lipinski definition) is 3. The Morgan fingerprint density at radius 2 is 2.12 bits per heavy atom. The highest BCUT2D eigenvalue weighted by atomic mass is 16.2. The zero-order valence-corrected chi connectivity index (χ0v) is 14.5. The number of aromatic amines is 1. The van der Waals surface area contributed by atoms with E-state index in [0.717, 1.165) is 17.0 Å². The second-order valence-corrected chi connectivity index (χ2v) is 6.53. The molecule has 0 saturated carbocycles. The Hall–Kier alpha value is -2.57. The number of hydrogen-bond donors (Lipinski definition) is 1. The van der Waals surface area contributed by atoms with Crippen LogP contribution in [0.5, 0.6) is 0 Å². The second-order valence-electron chi connectivity index (χ2n) is 6.53. The topological polar surface area (TPSA) is 74.2 Å². The number of nitrogens with zero attached hydrogens (tertiary/aromatic N) is 4. The van der Waals surface area contributed by atoms with Crippen LogP contribution in [0.3, 0.4) is 0 Å². The lowest BCUT2D eigenvalue weighted by Gasteiger charge is -2.18. The zero-order chi connectivity index (χ0) is 17.4. The molecule has 2 aromatic heterocycles. The van der Waals surface area contributed by atoms with Gasteiger partial charge < -0.3 is 14.8 Å². The number of carbonyl (C=O) groups is 2. The lowest BCUT2D eigenvalue weighted by atomic mass is 10.2. The summed E-state index contributed by atoms with van der Waals surface area (Å²) >= 11 is 0. The standard InChI is InChI=1S/C17H23N5O2/c1-11(2)22-16-10-21(17(24)14-6-5-7-18-14)8-13(16)15(19-22)9-20(4)12(3)23/h5-7,11,18H,8-10H2,1-4H3. The SMILES string of the molecule is CC(=O)N(C)Cc1nn(C(C)C)c2c1CN(C(=O)c1ccc[nH]1)C2. The van der Waals surface area contributed by atoms with Crippen molar-refractivity contribution >= 4 is 11.8 Å². The largest absolute Gasteiger partial charge is 0.357 e. The molecule has 7 nitrogen and oxygen atoms in total. The van der Waals surface area contributed by atoms with E-state index in [1.807, 2.05) is 15.6 Å². The Balaban J connectivity index is 1.89. The van der Waals surface area contributed by atoms with Crippen molar-refractivity contribution in [3.05, 3.63) is 41.0 Å². The van der Waals surface area contributed by atoms with Crippen molar-refractivity contribution in [1.29, 1.82) is 0 Å². The molecule has 0 aromatic carbocycles. The minimum atomic E-state index is -0.0163. The van der Waals surface area contributed by atoms with Gasteiger partial charge in [0.2, 0.25) is 5.91 Å². The molecule has 0 unspecified atom stereocenters.